The molecular formula is C19H26N2O2. The number of piperidine rings is 1. The van der Waals surface area contributed by atoms with Gasteiger partial charge < -0.3 is 15.7 Å². The highest BCUT2D eigenvalue weighted by molar-refractivity contribution is 5.86. The van der Waals surface area contributed by atoms with Crippen LogP contribution in [0.1, 0.15) is 37.7 Å². The van der Waals surface area contributed by atoms with Gasteiger partial charge in [-0.15, -0.1) is 0 Å². The number of carbonyl (C=O) groups excluding carboxylic acids is 1. The van der Waals surface area contributed by atoms with E-state index in [1.165, 1.54) is 6.42 Å². The second kappa shape index (κ2) is 5.60. The Kier molecular flexibility index (Phi) is 3.69. The van der Waals surface area contributed by atoms with Crippen LogP contribution in [0.4, 0.5) is 0 Å². The summed E-state index contributed by atoms with van der Waals surface area (Å²) in [5.74, 6) is 0.528. The lowest BCUT2D eigenvalue weighted by molar-refractivity contribution is -0.147. The van der Waals surface area contributed by atoms with Crippen LogP contribution in [0.3, 0.4) is 0 Å². The largest absolute Gasteiger partial charge is 0.375 e. The van der Waals surface area contributed by atoms with Gasteiger partial charge in [-0.3, -0.25) is 4.79 Å². The van der Waals surface area contributed by atoms with Crippen molar-refractivity contribution in [3.05, 3.63) is 35.9 Å². The molecule has 3 atom stereocenters. The molecule has 1 aliphatic heterocycles. The van der Waals surface area contributed by atoms with Gasteiger partial charge in [-0.2, -0.15) is 0 Å². The lowest BCUT2D eigenvalue weighted by Crippen LogP contribution is -2.50. The highest BCUT2D eigenvalue weighted by atomic mass is 16.3. The van der Waals surface area contributed by atoms with Gasteiger partial charge in [-0.1, -0.05) is 43.2 Å². The molecule has 4 rings (SSSR count). The van der Waals surface area contributed by atoms with Crippen LogP contribution in [-0.2, 0) is 10.4 Å². The molecule has 4 heteroatoms. The van der Waals surface area contributed by atoms with Crippen molar-refractivity contribution in [2.24, 2.45) is 17.3 Å². The van der Waals surface area contributed by atoms with E-state index in [1.807, 2.05) is 30.3 Å². The molecule has 23 heavy (non-hydrogen) atoms. The zero-order valence-corrected chi connectivity index (χ0v) is 13.6. The van der Waals surface area contributed by atoms with Crippen LogP contribution in [0.2, 0.25) is 0 Å². The summed E-state index contributed by atoms with van der Waals surface area (Å²) < 4.78 is 0. The zero-order valence-electron chi connectivity index (χ0n) is 13.6. The van der Waals surface area contributed by atoms with E-state index in [4.69, 9.17) is 0 Å². The van der Waals surface area contributed by atoms with Gasteiger partial charge in [-0.05, 0) is 37.3 Å². The number of benzene rings is 1. The fourth-order valence-corrected chi connectivity index (χ4v) is 4.69. The maximum Gasteiger partial charge on any atom is 0.256 e. The van der Waals surface area contributed by atoms with Crippen LogP contribution < -0.4 is 10.6 Å². The van der Waals surface area contributed by atoms with Crippen molar-refractivity contribution in [2.75, 3.05) is 19.6 Å². The van der Waals surface area contributed by atoms with Crippen molar-refractivity contribution >= 4 is 5.91 Å². The van der Waals surface area contributed by atoms with Gasteiger partial charge in [0.15, 0.2) is 5.60 Å². The van der Waals surface area contributed by atoms with Crippen LogP contribution in [0.5, 0.6) is 0 Å². The summed E-state index contributed by atoms with van der Waals surface area (Å²) in [7, 11) is 0. The Balaban J connectivity index is 1.53. The third-order valence-corrected chi connectivity index (χ3v) is 6.33. The molecule has 124 valence electrons. The number of fused-ring (bicyclic) bond motifs is 1. The van der Waals surface area contributed by atoms with E-state index in [9.17, 15) is 9.90 Å². The molecule has 0 spiro atoms. The van der Waals surface area contributed by atoms with Gasteiger partial charge in [-0.25, -0.2) is 0 Å². The fraction of sp³-hybridized carbons (Fsp3) is 0.632. The molecule has 0 bridgehead atoms. The molecule has 2 aliphatic carbocycles. The second-order valence-electron chi connectivity index (χ2n) is 7.69. The maximum absolute atomic E-state index is 13.0. The predicted molar refractivity (Wildman–Crippen MR) is 88.7 cm³/mol. The summed E-state index contributed by atoms with van der Waals surface area (Å²) in [6.45, 7) is 2.75. The lowest BCUT2D eigenvalue weighted by atomic mass is 9.79. The number of amides is 1. The first-order valence-corrected chi connectivity index (χ1v) is 8.92. The zero-order chi connectivity index (χ0) is 15.9. The SMILES string of the molecule is O=C(NCC12CNCC1C2)C(O)(c1ccccc1)C1CCCC1. The molecule has 1 saturated heterocycles. The number of hydrogen-bond acceptors (Lipinski definition) is 3. The quantitative estimate of drug-likeness (QED) is 0.776. The minimum absolute atomic E-state index is 0.0269. The molecule has 2 saturated carbocycles. The highest BCUT2D eigenvalue weighted by Crippen LogP contribution is 2.54. The van der Waals surface area contributed by atoms with E-state index in [0.717, 1.165) is 44.3 Å². The molecule has 3 N–H and O–H groups in total. The van der Waals surface area contributed by atoms with Gasteiger partial charge >= 0.3 is 0 Å². The Morgan fingerprint density at radius 3 is 2.65 bits per heavy atom. The van der Waals surface area contributed by atoms with Crippen molar-refractivity contribution in [3.63, 3.8) is 0 Å². The number of aliphatic hydroxyl groups is 1. The van der Waals surface area contributed by atoms with Crippen LogP contribution in [0, 0.1) is 17.3 Å². The summed E-state index contributed by atoms with van der Waals surface area (Å²) in [5.41, 5.74) is -0.396. The average Bonchev–Trinajstić information content (AvgIpc) is 3.00. The second-order valence-corrected chi connectivity index (χ2v) is 7.69. The number of rotatable bonds is 5. The van der Waals surface area contributed by atoms with Crippen LogP contribution in [0.25, 0.3) is 0 Å². The Morgan fingerprint density at radius 1 is 1.30 bits per heavy atom. The molecule has 3 aliphatic rings. The first kappa shape index (κ1) is 15.2. The van der Waals surface area contributed by atoms with E-state index in [-0.39, 0.29) is 17.2 Å². The van der Waals surface area contributed by atoms with E-state index >= 15 is 0 Å². The Bertz CT molecular complexity index is 584. The van der Waals surface area contributed by atoms with Crippen molar-refractivity contribution < 1.29 is 9.90 Å². The molecule has 1 aromatic rings. The van der Waals surface area contributed by atoms with Gasteiger partial charge in [0, 0.05) is 24.4 Å². The number of hydrogen-bond donors (Lipinski definition) is 3. The number of nitrogens with one attached hydrogen (secondary N) is 2. The van der Waals surface area contributed by atoms with Crippen molar-refractivity contribution in [1.82, 2.24) is 10.6 Å². The van der Waals surface area contributed by atoms with Crippen LogP contribution in [0.15, 0.2) is 30.3 Å². The summed E-state index contributed by atoms with van der Waals surface area (Å²) in [6.07, 6.45) is 5.25. The summed E-state index contributed by atoms with van der Waals surface area (Å²) >= 11 is 0. The molecule has 1 aromatic carbocycles. The molecule has 0 radical (unpaired) electrons. The first-order valence-electron chi connectivity index (χ1n) is 8.92. The van der Waals surface area contributed by atoms with Crippen molar-refractivity contribution in [1.29, 1.82) is 0 Å². The standard InChI is InChI=1S/C19H26N2O2/c22-17(21-13-18-10-16(18)11-20-12-18)19(23,15-8-4-5-9-15)14-6-2-1-3-7-14/h1-3,6-7,15-16,20,23H,4-5,8-13H2,(H,21,22). The lowest BCUT2D eigenvalue weighted by Gasteiger charge is -2.33. The number of carbonyl (C=O) groups is 1. The fourth-order valence-electron chi connectivity index (χ4n) is 4.69. The van der Waals surface area contributed by atoms with Crippen molar-refractivity contribution in [3.8, 4) is 0 Å². The smallest absolute Gasteiger partial charge is 0.256 e. The summed E-state index contributed by atoms with van der Waals surface area (Å²) in [5, 5.41) is 17.9. The van der Waals surface area contributed by atoms with Gasteiger partial charge in [0.1, 0.15) is 0 Å². The first-order chi connectivity index (χ1) is 11.2. The van der Waals surface area contributed by atoms with Crippen LogP contribution >= 0.6 is 0 Å². The Labute approximate surface area is 137 Å². The normalized spacial score (nSPS) is 32.3. The highest BCUT2D eigenvalue weighted by Gasteiger charge is 2.57. The van der Waals surface area contributed by atoms with E-state index < -0.39 is 5.60 Å². The Hall–Kier alpha value is -1.39. The molecule has 3 fully saturated rings. The topological polar surface area (TPSA) is 61.4 Å². The predicted octanol–water partition coefficient (Wildman–Crippen LogP) is 1.79. The van der Waals surface area contributed by atoms with E-state index in [2.05, 4.69) is 10.6 Å². The monoisotopic (exact) mass is 314 g/mol. The van der Waals surface area contributed by atoms with E-state index in [1.54, 1.807) is 0 Å². The Morgan fingerprint density at radius 2 is 2.04 bits per heavy atom. The molecule has 1 heterocycles. The summed E-state index contributed by atoms with van der Waals surface area (Å²) in [6, 6.07) is 9.49. The maximum atomic E-state index is 13.0. The third-order valence-electron chi connectivity index (χ3n) is 6.33. The van der Waals surface area contributed by atoms with Gasteiger partial charge in [0.2, 0.25) is 0 Å². The minimum atomic E-state index is -1.38. The van der Waals surface area contributed by atoms with Crippen molar-refractivity contribution in [2.45, 2.75) is 37.7 Å². The minimum Gasteiger partial charge on any atom is -0.375 e. The molecule has 3 unspecified atom stereocenters. The molecule has 1 amide bonds. The van der Waals surface area contributed by atoms with Gasteiger partial charge in [0.25, 0.3) is 5.91 Å². The van der Waals surface area contributed by atoms with E-state index in [0.29, 0.717) is 12.5 Å². The summed E-state index contributed by atoms with van der Waals surface area (Å²) in [4.78, 5) is 13.0. The van der Waals surface area contributed by atoms with Gasteiger partial charge in [0.05, 0.1) is 0 Å². The molecule has 4 nitrogen and oxygen atoms in total. The third kappa shape index (κ3) is 2.48. The molecular weight excluding hydrogens is 288 g/mol. The average molecular weight is 314 g/mol. The van der Waals surface area contributed by atoms with Crippen LogP contribution in [-0.4, -0.2) is 30.6 Å². The molecule has 0 aromatic heterocycles.